The highest BCUT2D eigenvalue weighted by atomic mass is 16.7. The summed E-state index contributed by atoms with van der Waals surface area (Å²) in [6.07, 6.45) is 22.3. The van der Waals surface area contributed by atoms with Crippen molar-refractivity contribution in [2.75, 3.05) is 13.2 Å². The van der Waals surface area contributed by atoms with Crippen LogP contribution in [0.1, 0.15) is 200 Å². The molecule has 1 aliphatic heterocycles. The lowest BCUT2D eigenvalue weighted by Gasteiger charge is -2.40. The molecule has 1 amide bonds. The molecule has 1 aliphatic rings. The van der Waals surface area contributed by atoms with Crippen LogP contribution >= 0.6 is 0 Å². The van der Waals surface area contributed by atoms with Gasteiger partial charge in [-0.2, -0.15) is 0 Å². The molecule has 1 rings (SSSR count). The van der Waals surface area contributed by atoms with Crippen molar-refractivity contribution in [1.29, 1.82) is 0 Å². The summed E-state index contributed by atoms with van der Waals surface area (Å²) < 4.78 is 11.0. The maximum Gasteiger partial charge on any atom is 0.249 e. The van der Waals surface area contributed by atoms with Crippen molar-refractivity contribution in [2.24, 2.45) is 0 Å². The number of carbonyl (C=O) groups excluding carboxylic acids is 1. The Bertz CT molecular complexity index is 851. The third-order valence-corrected chi connectivity index (χ3v) is 11.2. The fourth-order valence-electron chi connectivity index (χ4n) is 7.38. The van der Waals surface area contributed by atoms with Crippen LogP contribution in [-0.4, -0.2) is 110 Å². The fourth-order valence-corrected chi connectivity index (χ4v) is 7.38. The van der Waals surface area contributed by atoms with Gasteiger partial charge in [-0.05, 0) is 12.8 Å². The molecule has 0 saturated carbocycles. The van der Waals surface area contributed by atoms with Crippen molar-refractivity contribution in [2.45, 2.75) is 255 Å². The molecule has 0 aromatic carbocycles. The van der Waals surface area contributed by atoms with Crippen molar-refractivity contribution in [3.8, 4) is 0 Å². The van der Waals surface area contributed by atoms with Gasteiger partial charge in [-0.15, -0.1) is 0 Å². The van der Waals surface area contributed by atoms with Gasteiger partial charge in [0.1, 0.15) is 36.6 Å². The van der Waals surface area contributed by atoms with Crippen molar-refractivity contribution in [3.63, 3.8) is 0 Å². The first kappa shape index (κ1) is 51.1. The minimum Gasteiger partial charge on any atom is -0.394 e. The Morgan fingerprint density at radius 3 is 1.37 bits per heavy atom. The molecular formula is C43H85NO10. The maximum absolute atomic E-state index is 13.0. The molecule has 0 spiro atoms. The average Bonchev–Trinajstić information content (AvgIpc) is 3.17. The molecule has 0 aromatic rings. The van der Waals surface area contributed by atoms with Crippen molar-refractivity contribution < 1.29 is 50.0 Å². The number of hydrogen-bond donors (Lipinski definition) is 8. The third kappa shape index (κ3) is 24.0. The molecule has 322 valence electrons. The van der Waals surface area contributed by atoms with E-state index in [1.165, 1.54) is 116 Å². The SMILES string of the molecule is CCCCCCCCCCCCCCCCCCCCCCCCC(O)C(=O)NC(COC1OC(CO)C(O)C(O)C1O)C(O)C(O)CCCCCCC. The predicted molar refractivity (Wildman–Crippen MR) is 215 cm³/mol. The van der Waals surface area contributed by atoms with Gasteiger partial charge in [-0.1, -0.05) is 187 Å². The normalized spacial score (nSPS) is 22.6. The van der Waals surface area contributed by atoms with Crippen LogP contribution in [0.15, 0.2) is 0 Å². The van der Waals surface area contributed by atoms with E-state index in [2.05, 4.69) is 19.2 Å². The number of rotatable bonds is 37. The van der Waals surface area contributed by atoms with Gasteiger partial charge in [-0.25, -0.2) is 0 Å². The van der Waals surface area contributed by atoms with Crippen LogP contribution in [0.5, 0.6) is 0 Å². The van der Waals surface area contributed by atoms with Crippen LogP contribution in [0.2, 0.25) is 0 Å². The Morgan fingerprint density at radius 1 is 0.574 bits per heavy atom. The lowest BCUT2D eigenvalue weighted by atomic mass is 9.98. The van der Waals surface area contributed by atoms with Crippen molar-refractivity contribution >= 4 is 5.91 Å². The van der Waals surface area contributed by atoms with Gasteiger partial charge in [0.25, 0.3) is 0 Å². The monoisotopic (exact) mass is 776 g/mol. The summed E-state index contributed by atoms with van der Waals surface area (Å²) in [5.74, 6) is -0.699. The molecule has 1 fully saturated rings. The molecule has 1 heterocycles. The number of unbranched alkanes of at least 4 members (excludes halogenated alkanes) is 25. The second-order valence-corrected chi connectivity index (χ2v) is 16.1. The molecule has 0 aliphatic carbocycles. The zero-order valence-corrected chi connectivity index (χ0v) is 34.5. The first-order valence-corrected chi connectivity index (χ1v) is 22.4. The molecule has 0 aromatic heterocycles. The molecular weight excluding hydrogens is 690 g/mol. The molecule has 0 radical (unpaired) electrons. The Kier molecular flexibility index (Phi) is 32.4. The number of aliphatic hydroxyl groups is 7. The molecule has 11 nitrogen and oxygen atoms in total. The summed E-state index contributed by atoms with van der Waals surface area (Å²) in [6, 6.07) is -1.16. The molecule has 54 heavy (non-hydrogen) atoms. The highest BCUT2D eigenvalue weighted by Gasteiger charge is 2.44. The maximum atomic E-state index is 13.0. The van der Waals surface area contributed by atoms with E-state index in [1.54, 1.807) is 0 Å². The molecule has 8 N–H and O–H groups in total. The minimum atomic E-state index is -1.65. The van der Waals surface area contributed by atoms with Gasteiger partial charge in [0, 0.05) is 0 Å². The first-order chi connectivity index (χ1) is 26.2. The smallest absolute Gasteiger partial charge is 0.249 e. The Hall–Kier alpha value is -0.890. The van der Waals surface area contributed by atoms with Gasteiger partial charge in [0.2, 0.25) is 5.91 Å². The Labute approximate surface area is 329 Å². The number of aliphatic hydroxyl groups excluding tert-OH is 7. The van der Waals surface area contributed by atoms with Crippen LogP contribution in [0.4, 0.5) is 0 Å². The molecule has 9 unspecified atom stereocenters. The summed E-state index contributed by atoms with van der Waals surface area (Å²) in [5, 5.41) is 75.0. The van der Waals surface area contributed by atoms with Gasteiger partial charge in [0.15, 0.2) is 6.29 Å². The second kappa shape index (κ2) is 34.2. The van der Waals surface area contributed by atoms with E-state index in [1.807, 2.05) is 0 Å². The highest BCUT2D eigenvalue weighted by molar-refractivity contribution is 5.80. The standard InChI is InChI=1S/C43H85NO10/c1-3-5-7-9-10-11-12-13-14-15-16-17-18-19-20-21-22-23-24-25-27-29-31-36(47)42(52)44-34(38(48)35(46)30-28-26-8-6-4-2)33-53-43-41(51)40(50)39(49)37(32-45)54-43/h34-41,43,45-51H,3-33H2,1-2H3,(H,44,52). The summed E-state index contributed by atoms with van der Waals surface area (Å²) in [4.78, 5) is 13.0. The summed E-state index contributed by atoms with van der Waals surface area (Å²) in [6.45, 7) is 3.33. The quantitative estimate of drug-likeness (QED) is 0.0315. The largest absolute Gasteiger partial charge is 0.394 e. The summed E-state index contributed by atoms with van der Waals surface area (Å²) in [5.41, 5.74) is 0. The molecule has 11 heteroatoms. The van der Waals surface area contributed by atoms with Gasteiger partial charge < -0.3 is 50.5 Å². The average molecular weight is 776 g/mol. The van der Waals surface area contributed by atoms with E-state index >= 15 is 0 Å². The predicted octanol–water partition coefficient (Wildman–Crippen LogP) is 6.72. The van der Waals surface area contributed by atoms with E-state index in [-0.39, 0.29) is 6.42 Å². The Morgan fingerprint density at radius 2 is 0.963 bits per heavy atom. The minimum absolute atomic E-state index is 0.265. The summed E-state index contributed by atoms with van der Waals surface area (Å²) in [7, 11) is 0. The van der Waals surface area contributed by atoms with E-state index in [0.717, 1.165) is 44.9 Å². The molecule has 1 saturated heterocycles. The topological polar surface area (TPSA) is 189 Å². The van der Waals surface area contributed by atoms with Crippen LogP contribution in [0.25, 0.3) is 0 Å². The number of hydrogen-bond acceptors (Lipinski definition) is 10. The van der Waals surface area contributed by atoms with Crippen molar-refractivity contribution in [3.05, 3.63) is 0 Å². The van der Waals surface area contributed by atoms with Gasteiger partial charge >= 0.3 is 0 Å². The number of carbonyl (C=O) groups is 1. The molecule has 9 atom stereocenters. The number of amides is 1. The Balaban J connectivity index is 2.27. The summed E-state index contributed by atoms with van der Waals surface area (Å²) >= 11 is 0. The number of nitrogens with one attached hydrogen (secondary N) is 1. The van der Waals surface area contributed by atoms with Crippen LogP contribution in [0.3, 0.4) is 0 Å². The van der Waals surface area contributed by atoms with Gasteiger partial charge in [0.05, 0.1) is 25.4 Å². The van der Waals surface area contributed by atoms with Gasteiger partial charge in [-0.3, -0.25) is 4.79 Å². The van der Waals surface area contributed by atoms with Crippen LogP contribution in [-0.2, 0) is 14.3 Å². The lowest BCUT2D eigenvalue weighted by Crippen LogP contribution is -2.60. The van der Waals surface area contributed by atoms with Crippen LogP contribution < -0.4 is 5.32 Å². The third-order valence-electron chi connectivity index (χ3n) is 11.2. The van der Waals surface area contributed by atoms with Crippen molar-refractivity contribution in [1.82, 2.24) is 5.32 Å². The zero-order chi connectivity index (χ0) is 39.8. The lowest BCUT2D eigenvalue weighted by molar-refractivity contribution is -0.303. The fraction of sp³-hybridized carbons (Fsp3) is 0.977. The number of ether oxygens (including phenoxy) is 2. The van der Waals surface area contributed by atoms with E-state index < -0.39 is 74.2 Å². The zero-order valence-electron chi connectivity index (χ0n) is 34.5. The van der Waals surface area contributed by atoms with E-state index in [0.29, 0.717) is 19.3 Å². The second-order valence-electron chi connectivity index (χ2n) is 16.1. The first-order valence-electron chi connectivity index (χ1n) is 22.4. The molecule has 0 bridgehead atoms. The van der Waals surface area contributed by atoms with E-state index in [9.17, 15) is 40.5 Å². The highest BCUT2D eigenvalue weighted by Crippen LogP contribution is 2.23. The van der Waals surface area contributed by atoms with E-state index in [4.69, 9.17) is 9.47 Å². The van der Waals surface area contributed by atoms with Crippen LogP contribution in [0, 0.1) is 0 Å².